The summed E-state index contributed by atoms with van der Waals surface area (Å²) in [5.74, 6) is 0.994. The number of Topliss-reactive ketones (excluding diaryl/α,β-unsaturated/α-hetero) is 1. The summed E-state index contributed by atoms with van der Waals surface area (Å²) in [6.45, 7) is 4.16. The minimum absolute atomic E-state index is 0. The van der Waals surface area contributed by atoms with E-state index in [1.165, 1.54) is 14.0 Å². The summed E-state index contributed by atoms with van der Waals surface area (Å²) in [7, 11) is 1.52. The zero-order valence-corrected chi connectivity index (χ0v) is 14.6. The van der Waals surface area contributed by atoms with Gasteiger partial charge in [0.1, 0.15) is 0 Å². The maximum Gasteiger partial charge on any atom is 0.220 e. The minimum Gasteiger partial charge on any atom is -0.493 e. The molecule has 1 amide bonds. The number of benzene rings is 1. The maximum absolute atomic E-state index is 11.6. The summed E-state index contributed by atoms with van der Waals surface area (Å²) in [6.07, 6.45) is 0.957. The lowest BCUT2D eigenvalue weighted by Gasteiger charge is -2.13. The standard InChI is InChI=1S/C16H24N2O4.ClH/c1-11(10-17)18-16(20)5-4-8-22-14-7-6-13(12(2)19)9-15(14)21-3;/h6-7,9,11H,4-5,8,10,17H2,1-3H3,(H,18,20);1H/t11-;/m0./s1. The lowest BCUT2D eigenvalue weighted by molar-refractivity contribution is -0.121. The first-order valence-corrected chi connectivity index (χ1v) is 7.29. The van der Waals surface area contributed by atoms with E-state index in [4.69, 9.17) is 15.2 Å². The number of hydrogen-bond donors (Lipinski definition) is 2. The number of nitrogens with one attached hydrogen (secondary N) is 1. The molecule has 1 rings (SSSR count). The van der Waals surface area contributed by atoms with E-state index < -0.39 is 0 Å². The Kier molecular flexibility index (Phi) is 10.0. The number of ketones is 1. The van der Waals surface area contributed by atoms with Crippen LogP contribution in [0.3, 0.4) is 0 Å². The molecule has 0 aliphatic heterocycles. The number of methoxy groups -OCH3 is 1. The predicted octanol–water partition coefficient (Wildman–Crippen LogP) is 1.94. The molecule has 1 aromatic rings. The van der Waals surface area contributed by atoms with Crippen molar-refractivity contribution in [2.75, 3.05) is 20.3 Å². The molecule has 0 aliphatic carbocycles. The van der Waals surface area contributed by atoms with Crippen molar-refractivity contribution in [1.29, 1.82) is 0 Å². The molecule has 0 saturated carbocycles. The molecule has 0 saturated heterocycles. The lowest BCUT2D eigenvalue weighted by atomic mass is 10.1. The summed E-state index contributed by atoms with van der Waals surface area (Å²) in [4.78, 5) is 22.9. The highest BCUT2D eigenvalue weighted by Crippen LogP contribution is 2.28. The summed E-state index contributed by atoms with van der Waals surface area (Å²) in [6, 6.07) is 5.02. The fourth-order valence-electron chi connectivity index (χ4n) is 1.83. The first-order valence-electron chi connectivity index (χ1n) is 7.29. The molecule has 0 aliphatic rings. The van der Waals surface area contributed by atoms with E-state index in [2.05, 4.69) is 5.32 Å². The molecule has 3 N–H and O–H groups in total. The molecule has 0 spiro atoms. The number of ether oxygens (including phenoxy) is 2. The van der Waals surface area contributed by atoms with Crippen LogP contribution < -0.4 is 20.5 Å². The highest BCUT2D eigenvalue weighted by Gasteiger charge is 2.09. The van der Waals surface area contributed by atoms with Gasteiger partial charge in [-0.05, 0) is 38.5 Å². The number of carbonyl (C=O) groups is 2. The molecule has 6 nitrogen and oxygen atoms in total. The fourth-order valence-corrected chi connectivity index (χ4v) is 1.83. The number of halogens is 1. The molecule has 1 aromatic carbocycles. The van der Waals surface area contributed by atoms with Gasteiger partial charge >= 0.3 is 0 Å². The second-order valence-corrected chi connectivity index (χ2v) is 5.08. The lowest BCUT2D eigenvalue weighted by Crippen LogP contribution is -2.37. The summed E-state index contributed by atoms with van der Waals surface area (Å²) in [5, 5.41) is 2.79. The largest absolute Gasteiger partial charge is 0.493 e. The molecule has 0 heterocycles. The Hall–Kier alpha value is -1.79. The number of hydrogen-bond acceptors (Lipinski definition) is 5. The van der Waals surface area contributed by atoms with Crippen LogP contribution in [0.25, 0.3) is 0 Å². The van der Waals surface area contributed by atoms with Gasteiger partial charge in [-0.15, -0.1) is 12.4 Å². The molecule has 0 aromatic heterocycles. The Morgan fingerprint density at radius 1 is 1.30 bits per heavy atom. The van der Waals surface area contributed by atoms with Crippen LogP contribution in [-0.4, -0.2) is 38.0 Å². The van der Waals surface area contributed by atoms with Gasteiger partial charge in [0.15, 0.2) is 17.3 Å². The van der Waals surface area contributed by atoms with Gasteiger partial charge < -0.3 is 20.5 Å². The highest BCUT2D eigenvalue weighted by atomic mass is 35.5. The Bertz CT molecular complexity index is 523. The highest BCUT2D eigenvalue weighted by molar-refractivity contribution is 5.94. The Labute approximate surface area is 143 Å². The van der Waals surface area contributed by atoms with Gasteiger partial charge in [-0.25, -0.2) is 0 Å². The van der Waals surface area contributed by atoms with Crippen molar-refractivity contribution in [3.63, 3.8) is 0 Å². The van der Waals surface area contributed by atoms with Crippen molar-refractivity contribution in [3.8, 4) is 11.5 Å². The van der Waals surface area contributed by atoms with E-state index in [1.54, 1.807) is 18.2 Å². The second kappa shape index (κ2) is 10.9. The molecule has 130 valence electrons. The molecule has 7 heteroatoms. The third kappa shape index (κ3) is 7.34. The topological polar surface area (TPSA) is 90.6 Å². The molecule has 1 atom stereocenters. The first kappa shape index (κ1) is 21.2. The van der Waals surface area contributed by atoms with Gasteiger partial charge in [0.25, 0.3) is 0 Å². The van der Waals surface area contributed by atoms with Crippen LogP contribution in [0.2, 0.25) is 0 Å². The van der Waals surface area contributed by atoms with Crippen LogP contribution in [-0.2, 0) is 4.79 Å². The normalized spacial score (nSPS) is 11.1. The van der Waals surface area contributed by atoms with Gasteiger partial charge in [-0.3, -0.25) is 9.59 Å². The van der Waals surface area contributed by atoms with Crippen molar-refractivity contribution < 1.29 is 19.1 Å². The molecule has 0 unspecified atom stereocenters. The van der Waals surface area contributed by atoms with Crippen LogP contribution in [0, 0.1) is 0 Å². The SMILES string of the molecule is COc1cc(C(C)=O)ccc1OCCCC(=O)N[C@@H](C)CN.Cl. The number of amides is 1. The summed E-state index contributed by atoms with van der Waals surface area (Å²) in [5.41, 5.74) is 6.01. The number of rotatable bonds is 9. The van der Waals surface area contributed by atoms with Crippen molar-refractivity contribution in [1.82, 2.24) is 5.32 Å². The third-order valence-corrected chi connectivity index (χ3v) is 3.14. The molecular formula is C16H25ClN2O4. The zero-order valence-electron chi connectivity index (χ0n) is 13.8. The number of carbonyl (C=O) groups excluding carboxylic acids is 2. The van der Waals surface area contributed by atoms with Crippen LogP contribution in [0.1, 0.15) is 37.0 Å². The second-order valence-electron chi connectivity index (χ2n) is 5.08. The van der Waals surface area contributed by atoms with Crippen molar-refractivity contribution in [2.24, 2.45) is 5.73 Å². The average molecular weight is 345 g/mol. The van der Waals surface area contributed by atoms with E-state index in [1.807, 2.05) is 6.92 Å². The summed E-state index contributed by atoms with van der Waals surface area (Å²) >= 11 is 0. The summed E-state index contributed by atoms with van der Waals surface area (Å²) < 4.78 is 10.8. The van der Waals surface area contributed by atoms with E-state index >= 15 is 0 Å². The quantitative estimate of drug-likeness (QED) is 0.527. The molecular weight excluding hydrogens is 320 g/mol. The van der Waals surface area contributed by atoms with Gasteiger partial charge in [0.05, 0.1) is 13.7 Å². The smallest absolute Gasteiger partial charge is 0.220 e. The molecule has 23 heavy (non-hydrogen) atoms. The van der Waals surface area contributed by atoms with Crippen molar-refractivity contribution in [3.05, 3.63) is 23.8 Å². The van der Waals surface area contributed by atoms with Crippen molar-refractivity contribution >= 4 is 24.1 Å². The molecule has 0 fully saturated rings. The van der Waals surface area contributed by atoms with Gasteiger partial charge in [0, 0.05) is 24.6 Å². The van der Waals surface area contributed by atoms with E-state index in [-0.39, 0.29) is 30.1 Å². The minimum atomic E-state index is -0.0413. The van der Waals surface area contributed by atoms with Gasteiger partial charge in [0.2, 0.25) is 5.91 Å². The number of nitrogens with two attached hydrogens (primary N) is 1. The molecule has 0 radical (unpaired) electrons. The van der Waals surface area contributed by atoms with E-state index in [9.17, 15) is 9.59 Å². The average Bonchev–Trinajstić information content (AvgIpc) is 2.51. The fraction of sp³-hybridized carbons (Fsp3) is 0.500. The first-order chi connectivity index (χ1) is 10.5. The van der Waals surface area contributed by atoms with Crippen LogP contribution in [0.15, 0.2) is 18.2 Å². The van der Waals surface area contributed by atoms with Gasteiger partial charge in [-0.1, -0.05) is 0 Å². The molecule has 0 bridgehead atoms. The Morgan fingerprint density at radius 3 is 2.57 bits per heavy atom. The van der Waals surface area contributed by atoms with E-state index in [0.29, 0.717) is 43.1 Å². The monoisotopic (exact) mass is 344 g/mol. The van der Waals surface area contributed by atoms with Crippen LogP contribution in [0.5, 0.6) is 11.5 Å². The van der Waals surface area contributed by atoms with Gasteiger partial charge in [-0.2, -0.15) is 0 Å². The van der Waals surface area contributed by atoms with E-state index in [0.717, 1.165) is 0 Å². The third-order valence-electron chi connectivity index (χ3n) is 3.14. The Morgan fingerprint density at radius 2 is 2.00 bits per heavy atom. The van der Waals surface area contributed by atoms with Crippen LogP contribution >= 0.6 is 12.4 Å². The predicted molar refractivity (Wildman–Crippen MR) is 91.6 cm³/mol. The van der Waals surface area contributed by atoms with Crippen molar-refractivity contribution in [2.45, 2.75) is 32.7 Å². The maximum atomic E-state index is 11.6. The zero-order chi connectivity index (χ0) is 16.5. The Balaban J connectivity index is 0.00000484. The van der Waals surface area contributed by atoms with Crippen LogP contribution in [0.4, 0.5) is 0 Å².